The quantitative estimate of drug-likeness (QED) is 0.727. The Kier molecular flexibility index (Phi) is 5.06. The third kappa shape index (κ3) is 3.32. The summed E-state index contributed by atoms with van der Waals surface area (Å²) in [6.07, 6.45) is 0. The SMILES string of the molecule is C1CSCc2nc3c(nc2CS1)CSCCSC3. The normalized spacial score (nSPS) is 20.9. The van der Waals surface area contributed by atoms with Crippen molar-refractivity contribution in [2.24, 2.45) is 0 Å². The number of fused-ring (bicyclic) bond motifs is 2. The van der Waals surface area contributed by atoms with Crippen LogP contribution in [0.4, 0.5) is 0 Å². The summed E-state index contributed by atoms with van der Waals surface area (Å²) < 4.78 is 0. The summed E-state index contributed by atoms with van der Waals surface area (Å²) in [6.45, 7) is 0. The zero-order valence-corrected chi connectivity index (χ0v) is 13.5. The minimum absolute atomic E-state index is 1.05. The number of nitrogens with zero attached hydrogens (tertiary/aromatic N) is 2. The average molecular weight is 317 g/mol. The van der Waals surface area contributed by atoms with Gasteiger partial charge in [-0.3, -0.25) is 9.97 Å². The maximum absolute atomic E-state index is 4.93. The lowest BCUT2D eigenvalue weighted by Crippen LogP contribution is -2.11. The lowest BCUT2D eigenvalue weighted by atomic mass is 10.3. The molecule has 0 amide bonds. The molecule has 3 rings (SSSR count). The van der Waals surface area contributed by atoms with E-state index in [1.165, 1.54) is 45.8 Å². The summed E-state index contributed by atoms with van der Waals surface area (Å²) in [5.74, 6) is 9.17. The molecule has 2 aliphatic heterocycles. The van der Waals surface area contributed by atoms with Crippen LogP contribution < -0.4 is 0 Å². The molecule has 0 spiro atoms. The minimum atomic E-state index is 1.05. The Labute approximate surface area is 125 Å². The van der Waals surface area contributed by atoms with Gasteiger partial charge in [0.2, 0.25) is 0 Å². The highest BCUT2D eigenvalue weighted by Gasteiger charge is 2.16. The molecule has 98 valence electrons. The Hall–Kier alpha value is 0.480. The van der Waals surface area contributed by atoms with Crippen LogP contribution in [-0.2, 0) is 23.0 Å². The number of hydrogen-bond acceptors (Lipinski definition) is 6. The molecule has 0 atom stereocenters. The van der Waals surface area contributed by atoms with E-state index in [1.807, 2.05) is 47.0 Å². The topological polar surface area (TPSA) is 25.8 Å². The zero-order valence-electron chi connectivity index (χ0n) is 10.2. The highest BCUT2D eigenvalue weighted by atomic mass is 32.2. The van der Waals surface area contributed by atoms with Gasteiger partial charge in [0, 0.05) is 46.0 Å². The Balaban J connectivity index is 1.92. The van der Waals surface area contributed by atoms with E-state index in [2.05, 4.69) is 0 Å². The Morgan fingerprint density at radius 2 is 0.778 bits per heavy atom. The van der Waals surface area contributed by atoms with E-state index in [-0.39, 0.29) is 0 Å². The molecule has 2 nitrogen and oxygen atoms in total. The number of rotatable bonds is 0. The van der Waals surface area contributed by atoms with Crippen LogP contribution in [-0.4, -0.2) is 33.0 Å². The van der Waals surface area contributed by atoms with E-state index >= 15 is 0 Å². The molecule has 0 N–H and O–H groups in total. The van der Waals surface area contributed by atoms with Crippen molar-refractivity contribution in [1.29, 1.82) is 0 Å². The summed E-state index contributed by atoms with van der Waals surface area (Å²) in [6, 6.07) is 0. The Bertz CT molecular complexity index is 351. The first-order chi connectivity index (χ1) is 8.93. The fourth-order valence-corrected chi connectivity index (χ4v) is 6.12. The van der Waals surface area contributed by atoms with Gasteiger partial charge < -0.3 is 0 Å². The van der Waals surface area contributed by atoms with E-state index in [0.29, 0.717) is 0 Å². The highest BCUT2D eigenvalue weighted by molar-refractivity contribution is 8.02. The molecule has 1 aromatic heterocycles. The molecule has 0 bridgehead atoms. The van der Waals surface area contributed by atoms with Crippen LogP contribution in [0.1, 0.15) is 22.8 Å². The number of thioether (sulfide) groups is 4. The van der Waals surface area contributed by atoms with Crippen molar-refractivity contribution in [2.45, 2.75) is 23.0 Å². The summed E-state index contributed by atoms with van der Waals surface area (Å²) in [7, 11) is 0. The third-order valence-electron chi connectivity index (χ3n) is 2.91. The standard InChI is InChI=1S/C12H16N2S4/c1-2-16-6-10-9(5-15-1)13-11-7-17-3-4-18-8-12(11)14-10/h1-8H2. The van der Waals surface area contributed by atoms with E-state index < -0.39 is 0 Å². The van der Waals surface area contributed by atoms with Crippen molar-refractivity contribution in [3.8, 4) is 0 Å². The molecule has 0 fully saturated rings. The largest absolute Gasteiger partial charge is 0.252 e. The van der Waals surface area contributed by atoms with Crippen LogP contribution in [0.3, 0.4) is 0 Å². The van der Waals surface area contributed by atoms with Crippen molar-refractivity contribution in [2.75, 3.05) is 23.0 Å². The van der Waals surface area contributed by atoms with Gasteiger partial charge in [0.15, 0.2) is 0 Å². The van der Waals surface area contributed by atoms with E-state index in [1.54, 1.807) is 0 Å². The molecule has 0 aliphatic carbocycles. The van der Waals surface area contributed by atoms with Gasteiger partial charge in [-0.25, -0.2) is 0 Å². The second kappa shape index (κ2) is 6.77. The first-order valence-corrected chi connectivity index (χ1v) is 10.7. The Morgan fingerprint density at radius 3 is 1.06 bits per heavy atom. The molecule has 1 aromatic rings. The van der Waals surface area contributed by atoms with Gasteiger partial charge in [0.25, 0.3) is 0 Å². The lowest BCUT2D eigenvalue weighted by Gasteiger charge is -2.17. The van der Waals surface area contributed by atoms with Crippen molar-refractivity contribution < 1.29 is 0 Å². The van der Waals surface area contributed by atoms with Crippen LogP contribution >= 0.6 is 47.0 Å². The molecule has 18 heavy (non-hydrogen) atoms. The first-order valence-electron chi connectivity index (χ1n) is 6.12. The van der Waals surface area contributed by atoms with Crippen LogP contribution in [0.5, 0.6) is 0 Å². The fourth-order valence-electron chi connectivity index (χ4n) is 1.96. The van der Waals surface area contributed by atoms with Crippen LogP contribution in [0.2, 0.25) is 0 Å². The van der Waals surface area contributed by atoms with Crippen molar-refractivity contribution in [3.63, 3.8) is 0 Å². The maximum atomic E-state index is 4.93. The third-order valence-corrected chi connectivity index (χ3v) is 7.30. The van der Waals surface area contributed by atoms with Crippen LogP contribution in [0.15, 0.2) is 0 Å². The molecule has 0 aromatic carbocycles. The summed E-state index contributed by atoms with van der Waals surface area (Å²) >= 11 is 7.99. The van der Waals surface area contributed by atoms with E-state index in [9.17, 15) is 0 Å². The number of hydrogen-bond donors (Lipinski definition) is 0. The highest BCUT2D eigenvalue weighted by Crippen LogP contribution is 2.28. The lowest BCUT2D eigenvalue weighted by molar-refractivity contribution is 0.926. The second-order valence-corrected chi connectivity index (χ2v) is 8.64. The summed E-state index contributed by atoms with van der Waals surface area (Å²) in [5.41, 5.74) is 4.99. The van der Waals surface area contributed by atoms with Crippen LogP contribution in [0, 0.1) is 0 Å². The summed E-state index contributed by atoms with van der Waals surface area (Å²) in [5, 5.41) is 0. The average Bonchev–Trinajstić information content (AvgIpc) is 2.32. The van der Waals surface area contributed by atoms with Gasteiger partial charge >= 0.3 is 0 Å². The molecule has 0 radical (unpaired) electrons. The summed E-state index contributed by atoms with van der Waals surface area (Å²) in [4.78, 5) is 9.85. The first kappa shape index (κ1) is 13.5. The van der Waals surface area contributed by atoms with Crippen molar-refractivity contribution >= 4 is 47.0 Å². The molecule has 0 saturated heterocycles. The molecule has 0 unspecified atom stereocenters. The van der Waals surface area contributed by atoms with Gasteiger partial charge in [-0.2, -0.15) is 47.0 Å². The monoisotopic (exact) mass is 316 g/mol. The molecule has 6 heteroatoms. The molecule has 0 saturated carbocycles. The molecular weight excluding hydrogens is 300 g/mol. The van der Waals surface area contributed by atoms with Gasteiger partial charge in [0.05, 0.1) is 22.8 Å². The van der Waals surface area contributed by atoms with Gasteiger partial charge in [0.1, 0.15) is 0 Å². The van der Waals surface area contributed by atoms with Crippen molar-refractivity contribution in [1.82, 2.24) is 9.97 Å². The predicted octanol–water partition coefficient (Wildman–Crippen LogP) is 3.44. The van der Waals surface area contributed by atoms with Crippen LogP contribution in [0.25, 0.3) is 0 Å². The zero-order chi connectivity index (χ0) is 12.2. The molecule has 2 aliphatic rings. The van der Waals surface area contributed by atoms with E-state index in [4.69, 9.17) is 9.97 Å². The van der Waals surface area contributed by atoms with E-state index in [0.717, 1.165) is 23.0 Å². The number of aromatic nitrogens is 2. The predicted molar refractivity (Wildman–Crippen MR) is 86.7 cm³/mol. The Morgan fingerprint density at radius 1 is 0.500 bits per heavy atom. The smallest absolute Gasteiger partial charge is 0.0730 e. The van der Waals surface area contributed by atoms with Gasteiger partial charge in [-0.15, -0.1) is 0 Å². The molecular formula is C12H16N2S4. The fraction of sp³-hybridized carbons (Fsp3) is 0.667. The van der Waals surface area contributed by atoms with Crippen molar-refractivity contribution in [3.05, 3.63) is 22.8 Å². The van der Waals surface area contributed by atoms with Gasteiger partial charge in [-0.1, -0.05) is 0 Å². The minimum Gasteiger partial charge on any atom is -0.252 e. The second-order valence-electron chi connectivity index (χ2n) is 4.22. The maximum Gasteiger partial charge on any atom is 0.0730 e. The van der Waals surface area contributed by atoms with Gasteiger partial charge in [-0.05, 0) is 0 Å². The molecule has 3 heterocycles.